The summed E-state index contributed by atoms with van der Waals surface area (Å²) in [5, 5.41) is 17.1. The average Bonchev–Trinajstić information content (AvgIpc) is 1.99. The second-order valence-electron chi connectivity index (χ2n) is 1.82. The van der Waals surface area contributed by atoms with Gasteiger partial charge in [-0.2, -0.15) is 0 Å². The molecule has 0 rings (SSSR count). The van der Waals surface area contributed by atoms with Gasteiger partial charge in [0, 0.05) is 0 Å². The molecule has 0 bridgehead atoms. The second kappa shape index (κ2) is 4.96. The summed E-state index contributed by atoms with van der Waals surface area (Å²) < 4.78 is 0. The van der Waals surface area contributed by atoms with Crippen LogP contribution < -0.4 is 0 Å². The Hall–Kier alpha value is -0.870. The summed E-state index contributed by atoms with van der Waals surface area (Å²) in [6, 6.07) is 0. The van der Waals surface area contributed by atoms with Crippen LogP contribution in [0.2, 0.25) is 0 Å². The number of carbonyl (C=O) groups is 1. The van der Waals surface area contributed by atoms with Crippen molar-refractivity contribution in [2.45, 2.75) is 6.10 Å². The Labute approximate surface area is 59.4 Å². The van der Waals surface area contributed by atoms with Gasteiger partial charge in [0.25, 0.3) is 0 Å². The highest BCUT2D eigenvalue weighted by atomic mass is 16.3. The fourth-order valence-corrected chi connectivity index (χ4v) is 0.462. The van der Waals surface area contributed by atoms with Gasteiger partial charge in [-0.25, -0.2) is 0 Å². The van der Waals surface area contributed by atoms with Crippen molar-refractivity contribution in [1.82, 2.24) is 4.90 Å². The molecule has 4 nitrogen and oxygen atoms in total. The fourth-order valence-electron chi connectivity index (χ4n) is 0.462. The fraction of sp³-hybridized carbons (Fsp3) is 0.500. The molecule has 0 heterocycles. The lowest BCUT2D eigenvalue weighted by Crippen LogP contribution is -2.29. The number of nitrogens with zero attached hydrogens (tertiary/aromatic N) is 1. The Morgan fingerprint density at radius 2 is 2.30 bits per heavy atom. The van der Waals surface area contributed by atoms with E-state index >= 15 is 0 Å². The van der Waals surface area contributed by atoms with Gasteiger partial charge in [-0.05, 0) is 6.20 Å². The first-order chi connectivity index (χ1) is 4.74. The van der Waals surface area contributed by atoms with Crippen LogP contribution in [0.1, 0.15) is 0 Å². The van der Waals surface area contributed by atoms with E-state index in [4.69, 9.17) is 10.2 Å². The van der Waals surface area contributed by atoms with Crippen molar-refractivity contribution in [3.63, 3.8) is 0 Å². The molecular weight excluding hydrogens is 134 g/mol. The lowest BCUT2D eigenvalue weighted by molar-refractivity contribution is -0.117. The zero-order valence-electron chi connectivity index (χ0n) is 5.60. The molecule has 4 heteroatoms. The largest absolute Gasteiger partial charge is 0.394 e. The zero-order valence-corrected chi connectivity index (χ0v) is 5.60. The number of carbonyl (C=O) groups excluding carboxylic acids is 1. The molecule has 0 aromatic heterocycles. The maximum Gasteiger partial charge on any atom is 0.213 e. The van der Waals surface area contributed by atoms with Gasteiger partial charge in [-0.15, -0.1) is 0 Å². The summed E-state index contributed by atoms with van der Waals surface area (Å²) in [6.07, 6.45) is 0.931. The maximum atomic E-state index is 10.0. The summed E-state index contributed by atoms with van der Waals surface area (Å²) >= 11 is 0. The number of hydrogen-bond acceptors (Lipinski definition) is 3. The molecule has 0 radical (unpaired) electrons. The van der Waals surface area contributed by atoms with Crippen LogP contribution in [0.15, 0.2) is 12.8 Å². The SMILES string of the molecule is C=CN(C=O)C[C@H](O)CO. The van der Waals surface area contributed by atoms with Crippen LogP contribution in [-0.4, -0.2) is 40.8 Å². The van der Waals surface area contributed by atoms with E-state index in [1.807, 2.05) is 0 Å². The van der Waals surface area contributed by atoms with Crippen molar-refractivity contribution in [2.24, 2.45) is 0 Å². The summed E-state index contributed by atoms with van der Waals surface area (Å²) in [5.74, 6) is 0. The van der Waals surface area contributed by atoms with Gasteiger partial charge < -0.3 is 15.1 Å². The van der Waals surface area contributed by atoms with E-state index in [0.717, 1.165) is 4.90 Å². The van der Waals surface area contributed by atoms with Gasteiger partial charge in [0.2, 0.25) is 6.41 Å². The Balaban J connectivity index is 3.61. The predicted molar refractivity (Wildman–Crippen MR) is 36.1 cm³/mol. The predicted octanol–water partition coefficient (Wildman–Crippen LogP) is -1.06. The third kappa shape index (κ3) is 3.21. The highest BCUT2D eigenvalue weighted by Crippen LogP contribution is 1.87. The molecule has 58 valence electrons. The van der Waals surface area contributed by atoms with Gasteiger partial charge >= 0.3 is 0 Å². The topological polar surface area (TPSA) is 60.8 Å². The van der Waals surface area contributed by atoms with Crippen molar-refractivity contribution in [3.05, 3.63) is 12.8 Å². The molecule has 0 aromatic rings. The maximum absolute atomic E-state index is 10.0. The monoisotopic (exact) mass is 145 g/mol. The smallest absolute Gasteiger partial charge is 0.213 e. The van der Waals surface area contributed by atoms with Crippen LogP contribution in [0.4, 0.5) is 0 Å². The lowest BCUT2D eigenvalue weighted by atomic mass is 10.3. The molecule has 0 saturated carbocycles. The third-order valence-corrected chi connectivity index (χ3v) is 1.00. The summed E-state index contributed by atoms with van der Waals surface area (Å²) in [5.41, 5.74) is 0. The first kappa shape index (κ1) is 9.13. The van der Waals surface area contributed by atoms with Crippen LogP contribution >= 0.6 is 0 Å². The van der Waals surface area contributed by atoms with Crippen molar-refractivity contribution < 1.29 is 15.0 Å². The van der Waals surface area contributed by atoms with Crippen LogP contribution in [0.3, 0.4) is 0 Å². The third-order valence-electron chi connectivity index (χ3n) is 1.00. The van der Waals surface area contributed by atoms with E-state index in [9.17, 15) is 4.79 Å². The lowest BCUT2D eigenvalue weighted by Gasteiger charge is -2.14. The van der Waals surface area contributed by atoms with Gasteiger partial charge in [-0.3, -0.25) is 4.79 Å². The minimum absolute atomic E-state index is 0.0868. The molecule has 0 saturated heterocycles. The normalized spacial score (nSPS) is 12.2. The first-order valence-corrected chi connectivity index (χ1v) is 2.87. The Kier molecular flexibility index (Phi) is 4.53. The van der Waals surface area contributed by atoms with E-state index in [1.54, 1.807) is 0 Å². The molecule has 0 spiro atoms. The van der Waals surface area contributed by atoms with Gasteiger partial charge in [0.15, 0.2) is 0 Å². The van der Waals surface area contributed by atoms with Crippen molar-refractivity contribution in [3.8, 4) is 0 Å². The van der Waals surface area contributed by atoms with Crippen molar-refractivity contribution >= 4 is 6.41 Å². The molecule has 1 atom stereocenters. The summed E-state index contributed by atoms with van der Waals surface area (Å²) in [6.45, 7) is 3.06. The molecule has 0 aliphatic rings. The second-order valence-corrected chi connectivity index (χ2v) is 1.82. The van der Waals surface area contributed by atoms with Crippen LogP contribution in [-0.2, 0) is 4.79 Å². The van der Waals surface area contributed by atoms with Crippen LogP contribution in [0.5, 0.6) is 0 Å². The summed E-state index contributed by atoms with van der Waals surface area (Å²) in [4.78, 5) is 11.2. The molecule has 0 aromatic carbocycles. The number of amides is 1. The van der Waals surface area contributed by atoms with Crippen molar-refractivity contribution in [1.29, 1.82) is 0 Å². The van der Waals surface area contributed by atoms with Gasteiger partial charge in [-0.1, -0.05) is 6.58 Å². The van der Waals surface area contributed by atoms with Crippen LogP contribution in [0, 0.1) is 0 Å². The zero-order chi connectivity index (χ0) is 7.98. The molecule has 0 aliphatic heterocycles. The molecular formula is C6H11NO3. The molecule has 10 heavy (non-hydrogen) atoms. The molecule has 1 amide bonds. The molecule has 0 fully saturated rings. The highest BCUT2D eigenvalue weighted by molar-refractivity contribution is 5.48. The number of aliphatic hydroxyl groups excluding tert-OH is 2. The molecule has 2 N–H and O–H groups in total. The van der Waals surface area contributed by atoms with Gasteiger partial charge in [0.05, 0.1) is 19.3 Å². The summed E-state index contributed by atoms with van der Waals surface area (Å²) in [7, 11) is 0. The minimum atomic E-state index is -0.886. The number of rotatable bonds is 5. The number of hydrogen-bond donors (Lipinski definition) is 2. The standard InChI is InChI=1S/C6H11NO3/c1-2-7(5-9)3-6(10)4-8/h2,5-6,8,10H,1,3-4H2/t6-/m0/s1. The highest BCUT2D eigenvalue weighted by Gasteiger charge is 2.04. The van der Waals surface area contributed by atoms with Crippen LogP contribution in [0.25, 0.3) is 0 Å². The molecule has 0 unspecified atom stereocenters. The van der Waals surface area contributed by atoms with E-state index in [1.165, 1.54) is 6.20 Å². The Bertz CT molecular complexity index is 108. The van der Waals surface area contributed by atoms with Gasteiger partial charge in [0.1, 0.15) is 0 Å². The average molecular weight is 145 g/mol. The van der Waals surface area contributed by atoms with E-state index in [0.29, 0.717) is 6.41 Å². The minimum Gasteiger partial charge on any atom is -0.394 e. The molecule has 0 aliphatic carbocycles. The Morgan fingerprint density at radius 3 is 2.60 bits per heavy atom. The van der Waals surface area contributed by atoms with E-state index < -0.39 is 6.10 Å². The van der Waals surface area contributed by atoms with E-state index in [2.05, 4.69) is 6.58 Å². The van der Waals surface area contributed by atoms with Crippen molar-refractivity contribution in [2.75, 3.05) is 13.2 Å². The van der Waals surface area contributed by atoms with E-state index in [-0.39, 0.29) is 13.2 Å². The Morgan fingerprint density at radius 1 is 1.70 bits per heavy atom. The quantitative estimate of drug-likeness (QED) is 0.485. The number of aliphatic hydroxyl groups is 2. The first-order valence-electron chi connectivity index (χ1n) is 2.87.